The molecule has 0 saturated heterocycles. The molecule has 3 nitrogen and oxygen atoms in total. The van der Waals surface area contributed by atoms with Crippen molar-refractivity contribution in [3.05, 3.63) is 33.5 Å². The highest BCUT2D eigenvalue weighted by atomic mass is 19.1. The van der Waals surface area contributed by atoms with Crippen molar-refractivity contribution in [2.24, 2.45) is 0 Å². The van der Waals surface area contributed by atoms with Gasteiger partial charge in [-0.25, -0.2) is 4.39 Å². The predicted molar refractivity (Wildman–Crippen MR) is 58.4 cm³/mol. The maximum Gasteiger partial charge on any atom is 0.319 e. The summed E-state index contributed by atoms with van der Waals surface area (Å²) in [5.41, 5.74) is -2.37. The first-order valence-corrected chi connectivity index (χ1v) is 5.40. The van der Waals surface area contributed by atoms with Crippen molar-refractivity contribution < 1.29 is 15.1 Å². The molecule has 1 heterocycles. The zero-order valence-electron chi connectivity index (χ0n) is 12.8. The van der Waals surface area contributed by atoms with Gasteiger partial charge in [0.05, 0.1) is 7.06 Å². The van der Waals surface area contributed by atoms with Gasteiger partial charge in [0, 0.05) is 10.0 Å². The Morgan fingerprint density at radius 1 is 1.56 bits per heavy atom. The molecule has 1 saturated carbocycles. The van der Waals surface area contributed by atoms with E-state index in [1.807, 2.05) is 0 Å². The molecule has 16 heavy (non-hydrogen) atoms. The van der Waals surface area contributed by atoms with Crippen LogP contribution in [-0.4, -0.2) is 9.94 Å². The molecule has 4 heteroatoms. The molecular formula is C12H16FNO2. The van der Waals surface area contributed by atoms with Gasteiger partial charge in [0.25, 0.3) is 0 Å². The van der Waals surface area contributed by atoms with Crippen LogP contribution in [0.3, 0.4) is 0 Å². The Morgan fingerprint density at radius 2 is 2.25 bits per heavy atom. The Bertz CT molecular complexity index is 576. The molecule has 0 amide bonds. The molecular weight excluding hydrogens is 209 g/mol. The molecule has 1 aromatic rings. The van der Waals surface area contributed by atoms with Gasteiger partial charge in [-0.3, -0.25) is 4.79 Å². The molecule has 88 valence electrons. The Labute approximate surface area is 99.1 Å². The van der Waals surface area contributed by atoms with Gasteiger partial charge in [-0.2, -0.15) is 0 Å². The molecule has 0 bridgehead atoms. The number of nitrogens with zero attached hydrogens (tertiary/aromatic N) is 1. The number of rotatable bonds is 1. The van der Waals surface area contributed by atoms with Crippen LogP contribution in [0.25, 0.3) is 0 Å². The number of hydrogen-bond acceptors (Lipinski definition) is 2. The van der Waals surface area contributed by atoms with E-state index in [0.29, 0.717) is 12.8 Å². The van der Waals surface area contributed by atoms with Crippen molar-refractivity contribution in [1.82, 2.24) is 4.73 Å². The van der Waals surface area contributed by atoms with Crippen molar-refractivity contribution in [1.29, 1.82) is 0 Å². The Morgan fingerprint density at radius 3 is 2.88 bits per heavy atom. The molecule has 1 N–H and O–H groups in total. The van der Waals surface area contributed by atoms with Crippen molar-refractivity contribution in [3.8, 4) is 0 Å². The van der Waals surface area contributed by atoms with Crippen LogP contribution in [0, 0.1) is 12.7 Å². The monoisotopic (exact) mass is 229 g/mol. The highest BCUT2D eigenvalue weighted by molar-refractivity contribution is 5.20. The lowest BCUT2D eigenvalue weighted by atomic mass is 9.86. The summed E-state index contributed by atoms with van der Waals surface area (Å²) in [5.74, 6) is -1.85. The average Bonchev–Trinajstić information content (AvgIpc) is 2.36. The first-order valence-electron chi connectivity index (χ1n) is 7.40. The third-order valence-electron chi connectivity index (χ3n) is 3.07. The molecule has 1 aliphatic carbocycles. The molecule has 2 rings (SSSR count). The summed E-state index contributed by atoms with van der Waals surface area (Å²) in [4.78, 5) is 11.7. The van der Waals surface area contributed by atoms with E-state index in [0.717, 1.165) is 19.3 Å². The van der Waals surface area contributed by atoms with Crippen LogP contribution < -0.4 is 5.56 Å². The van der Waals surface area contributed by atoms with Crippen LogP contribution >= 0.6 is 0 Å². The van der Waals surface area contributed by atoms with Crippen molar-refractivity contribution in [3.63, 3.8) is 0 Å². The molecule has 0 atom stereocenters. The van der Waals surface area contributed by atoms with E-state index in [1.165, 1.54) is 0 Å². The quantitative estimate of drug-likeness (QED) is 0.752. The fraction of sp³-hybridized carbons (Fsp3) is 0.583. The number of aromatic nitrogens is 1. The molecule has 0 radical (unpaired) electrons. The fourth-order valence-electron chi connectivity index (χ4n) is 2.20. The molecule has 0 unspecified atom stereocenters. The predicted octanol–water partition coefficient (Wildman–Crippen LogP) is 2.58. The minimum Gasteiger partial charge on any atom is -0.425 e. The summed E-state index contributed by atoms with van der Waals surface area (Å²) in [6, 6.07) is -0.587. The second kappa shape index (κ2) is 4.28. The summed E-state index contributed by atoms with van der Waals surface area (Å²) in [5, 5.41) is 9.76. The van der Waals surface area contributed by atoms with E-state index < -0.39 is 29.8 Å². The molecule has 1 aliphatic rings. The normalized spacial score (nSPS) is 22.1. The van der Waals surface area contributed by atoms with Gasteiger partial charge in [0.15, 0.2) is 5.82 Å². The van der Waals surface area contributed by atoms with Crippen molar-refractivity contribution in [2.75, 3.05) is 0 Å². The Kier molecular flexibility index (Phi) is 1.90. The molecule has 0 spiro atoms. The lowest BCUT2D eigenvalue weighted by Crippen LogP contribution is -2.27. The maximum absolute atomic E-state index is 13.8. The minimum atomic E-state index is -2.89. The van der Waals surface area contributed by atoms with Gasteiger partial charge >= 0.3 is 5.56 Å². The van der Waals surface area contributed by atoms with E-state index in [9.17, 15) is 14.4 Å². The van der Waals surface area contributed by atoms with Gasteiger partial charge in [0.2, 0.25) is 0 Å². The molecule has 1 fully saturated rings. The van der Waals surface area contributed by atoms with Crippen LogP contribution in [0.1, 0.15) is 54.8 Å². The largest absolute Gasteiger partial charge is 0.425 e. The first kappa shape index (κ1) is 7.09. The summed E-state index contributed by atoms with van der Waals surface area (Å²) in [6.45, 7) is -2.89. The maximum atomic E-state index is 13.8. The topological polar surface area (TPSA) is 42.2 Å². The van der Waals surface area contributed by atoms with Crippen molar-refractivity contribution >= 4 is 0 Å². The second-order valence-electron chi connectivity index (χ2n) is 4.15. The van der Waals surface area contributed by atoms with Gasteiger partial charge in [-0.1, -0.05) is 19.3 Å². The summed E-state index contributed by atoms with van der Waals surface area (Å²) < 4.78 is 43.6. The lowest BCUT2D eigenvalue weighted by Gasteiger charge is -2.23. The Balaban J connectivity index is 2.68. The van der Waals surface area contributed by atoms with Crippen molar-refractivity contribution in [2.45, 2.75) is 44.9 Å². The SMILES string of the molecule is [2H]c1c(C([2H])([2H])[2H])c(F)c(=O)n(O)c1C1CCCCC1. The fourth-order valence-corrected chi connectivity index (χ4v) is 2.20. The molecule has 0 aromatic carbocycles. The van der Waals surface area contributed by atoms with Crippen LogP contribution in [0.5, 0.6) is 0 Å². The Hall–Kier alpha value is -1.32. The van der Waals surface area contributed by atoms with E-state index in [4.69, 9.17) is 5.48 Å². The molecule has 1 aromatic heterocycles. The summed E-state index contributed by atoms with van der Waals surface area (Å²) in [6.07, 6.45) is 4.07. The zero-order chi connectivity index (χ0) is 15.1. The van der Waals surface area contributed by atoms with Crippen LogP contribution in [-0.2, 0) is 0 Å². The molecule has 0 aliphatic heterocycles. The van der Waals surface area contributed by atoms with E-state index in [-0.39, 0.29) is 16.3 Å². The van der Waals surface area contributed by atoms with E-state index in [1.54, 1.807) is 0 Å². The zero-order valence-corrected chi connectivity index (χ0v) is 8.79. The third kappa shape index (κ3) is 1.84. The van der Waals surface area contributed by atoms with Gasteiger partial charge in [-0.05, 0) is 31.3 Å². The van der Waals surface area contributed by atoms with Crippen LogP contribution in [0.15, 0.2) is 10.8 Å². The highest BCUT2D eigenvalue weighted by Crippen LogP contribution is 2.32. The van der Waals surface area contributed by atoms with Gasteiger partial charge in [-0.15, -0.1) is 4.73 Å². The van der Waals surface area contributed by atoms with Crippen LogP contribution in [0.2, 0.25) is 0 Å². The highest BCUT2D eigenvalue weighted by Gasteiger charge is 2.21. The van der Waals surface area contributed by atoms with E-state index in [2.05, 4.69) is 0 Å². The summed E-state index contributed by atoms with van der Waals surface area (Å²) in [7, 11) is 0. The third-order valence-corrected chi connectivity index (χ3v) is 3.07. The number of hydrogen-bond donors (Lipinski definition) is 1. The number of halogens is 1. The van der Waals surface area contributed by atoms with E-state index >= 15 is 0 Å². The van der Waals surface area contributed by atoms with Crippen LogP contribution in [0.4, 0.5) is 4.39 Å². The number of pyridine rings is 1. The van der Waals surface area contributed by atoms with Gasteiger partial charge < -0.3 is 5.21 Å². The second-order valence-corrected chi connectivity index (χ2v) is 4.15. The smallest absolute Gasteiger partial charge is 0.319 e. The lowest BCUT2D eigenvalue weighted by molar-refractivity contribution is 0.152. The van der Waals surface area contributed by atoms with Gasteiger partial charge in [0.1, 0.15) is 0 Å². The summed E-state index contributed by atoms with van der Waals surface area (Å²) >= 11 is 0. The minimum absolute atomic E-state index is 0.0813. The average molecular weight is 229 g/mol. The standard InChI is InChI=1S/C12H16FNO2/c1-8-7-10(9-5-3-2-4-6-9)14(16)12(15)11(8)13/h7,9,16H,2-6H2,1H3/i1D3,7D. The first-order chi connectivity index (χ1) is 9.25.